The lowest BCUT2D eigenvalue weighted by molar-refractivity contribution is 1.13. The van der Waals surface area contributed by atoms with E-state index in [0.717, 1.165) is 17.3 Å². The second-order valence-corrected chi connectivity index (χ2v) is 5.00. The Morgan fingerprint density at radius 3 is 2.50 bits per heavy atom. The van der Waals surface area contributed by atoms with E-state index in [9.17, 15) is 0 Å². The lowest BCUT2D eigenvalue weighted by atomic mass is 10.2. The molecule has 0 radical (unpaired) electrons. The smallest absolute Gasteiger partial charge is 0.0905 e. The summed E-state index contributed by atoms with van der Waals surface area (Å²) in [7, 11) is 4.10. The van der Waals surface area contributed by atoms with E-state index in [1.807, 2.05) is 11.8 Å². The molecule has 2 rings (SSSR count). The fourth-order valence-electron chi connectivity index (χ4n) is 1.50. The second kappa shape index (κ2) is 5.21. The zero-order chi connectivity index (χ0) is 11.4. The molecule has 0 spiro atoms. The van der Waals surface area contributed by atoms with Crippen LogP contribution < -0.4 is 4.90 Å². The molecule has 0 aromatic heterocycles. The standard InChI is InChI=1S/C13H16N2S/c1-15(2)12-6-3-11(4-7-12)5-8-13-14-9-10-16-13/h3-8H,9-10H2,1-2H3. The van der Waals surface area contributed by atoms with Gasteiger partial charge >= 0.3 is 0 Å². The highest BCUT2D eigenvalue weighted by atomic mass is 32.2. The van der Waals surface area contributed by atoms with Crippen LogP contribution in [0.3, 0.4) is 0 Å². The average molecular weight is 232 g/mol. The maximum Gasteiger partial charge on any atom is 0.0905 e. The van der Waals surface area contributed by atoms with Gasteiger partial charge in [-0.25, -0.2) is 0 Å². The van der Waals surface area contributed by atoms with Gasteiger partial charge in [0.25, 0.3) is 0 Å². The Balaban J connectivity index is 2.04. The van der Waals surface area contributed by atoms with Crippen molar-refractivity contribution < 1.29 is 0 Å². The van der Waals surface area contributed by atoms with Crippen molar-refractivity contribution in [1.82, 2.24) is 0 Å². The average Bonchev–Trinajstić information content (AvgIpc) is 2.80. The lowest BCUT2D eigenvalue weighted by Crippen LogP contribution is -2.07. The molecule has 0 atom stereocenters. The fraction of sp³-hybridized carbons (Fsp3) is 0.308. The van der Waals surface area contributed by atoms with Crippen LogP contribution in [0.5, 0.6) is 0 Å². The van der Waals surface area contributed by atoms with Gasteiger partial charge in [-0.15, -0.1) is 11.8 Å². The molecule has 0 unspecified atom stereocenters. The topological polar surface area (TPSA) is 15.6 Å². The summed E-state index contributed by atoms with van der Waals surface area (Å²) in [5.41, 5.74) is 2.45. The summed E-state index contributed by atoms with van der Waals surface area (Å²) in [5, 5.41) is 1.15. The summed E-state index contributed by atoms with van der Waals surface area (Å²) in [6.07, 6.45) is 4.22. The maximum absolute atomic E-state index is 4.38. The number of anilines is 1. The van der Waals surface area contributed by atoms with Crippen molar-refractivity contribution >= 4 is 28.6 Å². The summed E-state index contributed by atoms with van der Waals surface area (Å²) in [4.78, 5) is 6.48. The van der Waals surface area contributed by atoms with E-state index < -0.39 is 0 Å². The molecule has 1 aliphatic heterocycles. The van der Waals surface area contributed by atoms with Crippen LogP contribution in [-0.2, 0) is 0 Å². The number of benzene rings is 1. The van der Waals surface area contributed by atoms with E-state index in [1.54, 1.807) is 0 Å². The van der Waals surface area contributed by atoms with E-state index in [1.165, 1.54) is 11.3 Å². The summed E-state index contributed by atoms with van der Waals surface area (Å²) < 4.78 is 0. The number of hydrogen-bond acceptors (Lipinski definition) is 3. The highest BCUT2D eigenvalue weighted by Gasteiger charge is 2.02. The van der Waals surface area contributed by atoms with Crippen LogP contribution in [0.25, 0.3) is 6.08 Å². The predicted molar refractivity (Wildman–Crippen MR) is 74.6 cm³/mol. The summed E-state index contributed by atoms with van der Waals surface area (Å²) >= 11 is 1.82. The minimum Gasteiger partial charge on any atom is -0.378 e. The van der Waals surface area contributed by atoms with E-state index in [-0.39, 0.29) is 0 Å². The fourth-order valence-corrected chi connectivity index (χ4v) is 2.24. The van der Waals surface area contributed by atoms with Gasteiger partial charge in [-0.05, 0) is 23.8 Å². The molecule has 1 aliphatic rings. The highest BCUT2D eigenvalue weighted by Crippen LogP contribution is 2.16. The first-order valence-electron chi connectivity index (χ1n) is 5.38. The van der Waals surface area contributed by atoms with E-state index in [2.05, 4.69) is 60.4 Å². The van der Waals surface area contributed by atoms with Gasteiger partial charge in [-0.2, -0.15) is 0 Å². The van der Waals surface area contributed by atoms with Crippen molar-refractivity contribution in [2.24, 2.45) is 4.99 Å². The van der Waals surface area contributed by atoms with Gasteiger partial charge in [0.15, 0.2) is 0 Å². The monoisotopic (exact) mass is 232 g/mol. The molecule has 0 amide bonds. The third-order valence-corrected chi connectivity index (χ3v) is 3.38. The molecule has 0 N–H and O–H groups in total. The van der Waals surface area contributed by atoms with Gasteiger partial charge in [0.2, 0.25) is 0 Å². The summed E-state index contributed by atoms with van der Waals surface area (Å²) in [6.45, 7) is 0.962. The van der Waals surface area contributed by atoms with Crippen molar-refractivity contribution in [2.75, 3.05) is 31.3 Å². The zero-order valence-corrected chi connectivity index (χ0v) is 10.5. The molecule has 16 heavy (non-hydrogen) atoms. The number of thioether (sulfide) groups is 1. The SMILES string of the molecule is CN(C)c1ccc(C=CC2=NCCS2)cc1. The van der Waals surface area contributed by atoms with Crippen molar-refractivity contribution in [1.29, 1.82) is 0 Å². The number of aliphatic imine (C=N–C) groups is 1. The number of hydrogen-bond donors (Lipinski definition) is 0. The second-order valence-electron chi connectivity index (χ2n) is 3.89. The van der Waals surface area contributed by atoms with Crippen LogP contribution in [0.4, 0.5) is 5.69 Å². The van der Waals surface area contributed by atoms with Gasteiger partial charge in [0.05, 0.1) is 5.04 Å². The lowest BCUT2D eigenvalue weighted by Gasteiger charge is -2.11. The molecule has 1 aromatic carbocycles. The minimum absolute atomic E-state index is 0.962. The largest absolute Gasteiger partial charge is 0.378 e. The third-order valence-electron chi connectivity index (χ3n) is 2.44. The van der Waals surface area contributed by atoms with Crippen LogP contribution in [0.2, 0.25) is 0 Å². The first-order valence-corrected chi connectivity index (χ1v) is 6.37. The Hall–Kier alpha value is -1.22. The molecule has 0 bridgehead atoms. The van der Waals surface area contributed by atoms with Crippen molar-refractivity contribution in [2.45, 2.75) is 0 Å². The quantitative estimate of drug-likeness (QED) is 0.796. The Morgan fingerprint density at radius 1 is 1.19 bits per heavy atom. The van der Waals surface area contributed by atoms with Gasteiger partial charge in [-0.3, -0.25) is 4.99 Å². The van der Waals surface area contributed by atoms with E-state index in [0.29, 0.717) is 0 Å². The van der Waals surface area contributed by atoms with Gasteiger partial charge in [0.1, 0.15) is 0 Å². The highest BCUT2D eigenvalue weighted by molar-refractivity contribution is 8.14. The molecule has 1 heterocycles. The first-order chi connectivity index (χ1) is 7.75. The Morgan fingerprint density at radius 2 is 1.94 bits per heavy atom. The van der Waals surface area contributed by atoms with Crippen LogP contribution in [0.1, 0.15) is 5.56 Å². The van der Waals surface area contributed by atoms with Crippen molar-refractivity contribution in [3.63, 3.8) is 0 Å². The Kier molecular flexibility index (Phi) is 3.67. The molecular weight excluding hydrogens is 216 g/mol. The Labute approximate surface area is 101 Å². The van der Waals surface area contributed by atoms with E-state index in [4.69, 9.17) is 0 Å². The molecule has 2 nitrogen and oxygen atoms in total. The molecule has 0 saturated carbocycles. The number of rotatable bonds is 3. The molecule has 0 saturated heterocycles. The summed E-state index contributed by atoms with van der Waals surface area (Å²) in [6, 6.07) is 8.52. The molecular formula is C13H16N2S. The van der Waals surface area contributed by atoms with Crippen LogP contribution in [-0.4, -0.2) is 31.4 Å². The zero-order valence-electron chi connectivity index (χ0n) is 9.68. The van der Waals surface area contributed by atoms with Gasteiger partial charge < -0.3 is 4.90 Å². The third kappa shape index (κ3) is 2.89. The number of nitrogens with zero attached hydrogens (tertiary/aromatic N) is 2. The normalized spacial score (nSPS) is 15.5. The predicted octanol–water partition coefficient (Wildman–Crippen LogP) is 2.91. The summed E-state index contributed by atoms with van der Waals surface area (Å²) in [5.74, 6) is 1.12. The van der Waals surface area contributed by atoms with Crippen LogP contribution in [0.15, 0.2) is 35.3 Å². The van der Waals surface area contributed by atoms with Crippen LogP contribution in [0, 0.1) is 0 Å². The molecule has 3 heteroatoms. The van der Waals surface area contributed by atoms with Gasteiger partial charge in [-0.1, -0.05) is 18.2 Å². The molecule has 1 aromatic rings. The Bertz CT molecular complexity index is 404. The minimum atomic E-state index is 0.962. The van der Waals surface area contributed by atoms with E-state index >= 15 is 0 Å². The van der Waals surface area contributed by atoms with Crippen molar-refractivity contribution in [3.8, 4) is 0 Å². The molecule has 0 aliphatic carbocycles. The van der Waals surface area contributed by atoms with Crippen molar-refractivity contribution in [3.05, 3.63) is 35.9 Å². The van der Waals surface area contributed by atoms with Crippen LogP contribution >= 0.6 is 11.8 Å². The van der Waals surface area contributed by atoms with Gasteiger partial charge in [0, 0.05) is 32.1 Å². The molecule has 84 valence electrons. The first kappa shape index (κ1) is 11.3. The molecule has 0 fully saturated rings. The maximum atomic E-state index is 4.38.